The summed E-state index contributed by atoms with van der Waals surface area (Å²) in [6.45, 7) is 3.54. The molecule has 1 aromatic heterocycles. The van der Waals surface area contributed by atoms with Crippen LogP contribution in [0.3, 0.4) is 0 Å². The lowest BCUT2D eigenvalue weighted by Gasteiger charge is -2.22. The summed E-state index contributed by atoms with van der Waals surface area (Å²) in [5, 5.41) is 0.797. The SMILES string of the molecule is CSc1ccc2nc(N(CCN(C)C)C(=O)CCSc3ccc(C)cc3)sc2c1.Cl. The quantitative estimate of drug-likeness (QED) is 0.359. The van der Waals surface area contributed by atoms with Crippen molar-refractivity contribution in [2.45, 2.75) is 23.1 Å². The van der Waals surface area contributed by atoms with Crippen molar-refractivity contribution in [3.05, 3.63) is 48.0 Å². The van der Waals surface area contributed by atoms with Gasteiger partial charge in [-0.25, -0.2) is 4.98 Å². The van der Waals surface area contributed by atoms with Crippen LogP contribution < -0.4 is 4.90 Å². The second-order valence-corrected chi connectivity index (χ2v) is 10.1. The zero-order valence-electron chi connectivity index (χ0n) is 17.8. The van der Waals surface area contributed by atoms with Crippen molar-refractivity contribution < 1.29 is 4.79 Å². The number of halogens is 1. The fraction of sp³-hybridized carbons (Fsp3) is 0.364. The van der Waals surface area contributed by atoms with Gasteiger partial charge in [0, 0.05) is 35.1 Å². The number of thiazole rings is 1. The molecule has 0 spiro atoms. The molecule has 2 aromatic carbocycles. The number of hydrogen-bond acceptors (Lipinski definition) is 6. The van der Waals surface area contributed by atoms with Crippen LogP contribution >= 0.6 is 47.3 Å². The van der Waals surface area contributed by atoms with Crippen LogP contribution in [0.5, 0.6) is 0 Å². The standard InChI is InChI=1S/C22H27N3OS3.ClH/c1-16-5-7-17(8-6-16)28-14-11-21(26)25(13-12-24(2)3)22-23-19-10-9-18(27-4)15-20(19)29-22;/h5-10,15H,11-14H2,1-4H3;1H. The highest BCUT2D eigenvalue weighted by atomic mass is 35.5. The number of rotatable bonds is 9. The molecular weight excluding hydrogens is 454 g/mol. The summed E-state index contributed by atoms with van der Waals surface area (Å²) in [5.74, 6) is 0.901. The fourth-order valence-corrected chi connectivity index (χ4v) is 5.19. The predicted molar refractivity (Wildman–Crippen MR) is 136 cm³/mol. The maximum absolute atomic E-state index is 13.1. The third kappa shape index (κ3) is 6.89. The number of anilines is 1. The second-order valence-electron chi connectivity index (χ2n) is 7.09. The Morgan fingerprint density at radius 1 is 1.07 bits per heavy atom. The Balaban J connectivity index is 0.00000320. The van der Waals surface area contributed by atoms with E-state index in [0.29, 0.717) is 13.0 Å². The molecule has 0 bridgehead atoms. The Kier molecular flexibility index (Phi) is 9.97. The molecule has 0 N–H and O–H groups in total. The molecule has 0 atom stereocenters. The third-order valence-corrected chi connectivity index (χ3v) is 7.27. The molecule has 1 heterocycles. The van der Waals surface area contributed by atoms with E-state index in [2.05, 4.69) is 54.5 Å². The number of amides is 1. The molecule has 0 fully saturated rings. The first-order valence-corrected chi connectivity index (χ1v) is 12.6. The van der Waals surface area contributed by atoms with E-state index < -0.39 is 0 Å². The first-order valence-electron chi connectivity index (χ1n) is 9.55. The molecule has 3 aromatic rings. The summed E-state index contributed by atoms with van der Waals surface area (Å²) in [5.41, 5.74) is 2.21. The highest BCUT2D eigenvalue weighted by molar-refractivity contribution is 7.99. The van der Waals surface area contributed by atoms with Crippen molar-refractivity contribution in [3.8, 4) is 0 Å². The molecule has 0 unspecified atom stereocenters. The summed E-state index contributed by atoms with van der Waals surface area (Å²) >= 11 is 5.05. The number of thioether (sulfide) groups is 2. The van der Waals surface area contributed by atoms with Crippen molar-refractivity contribution in [2.75, 3.05) is 44.1 Å². The van der Waals surface area contributed by atoms with Crippen molar-refractivity contribution in [1.29, 1.82) is 0 Å². The van der Waals surface area contributed by atoms with E-state index in [1.165, 1.54) is 15.4 Å². The number of carbonyl (C=O) groups is 1. The molecular formula is C22H28ClN3OS3. The minimum atomic E-state index is 0. The first-order chi connectivity index (χ1) is 14.0. The largest absolute Gasteiger partial charge is 0.308 e. The van der Waals surface area contributed by atoms with Crippen LogP contribution in [0.2, 0.25) is 0 Å². The lowest BCUT2D eigenvalue weighted by molar-refractivity contribution is -0.118. The normalized spacial score (nSPS) is 11.0. The van der Waals surface area contributed by atoms with Crippen molar-refractivity contribution in [2.24, 2.45) is 0 Å². The molecule has 162 valence electrons. The Morgan fingerprint density at radius 2 is 1.77 bits per heavy atom. The predicted octanol–water partition coefficient (Wildman–Crippen LogP) is 5.83. The summed E-state index contributed by atoms with van der Waals surface area (Å²) in [6, 6.07) is 14.7. The smallest absolute Gasteiger partial charge is 0.229 e. The number of aryl methyl sites for hydroxylation is 1. The highest BCUT2D eigenvalue weighted by Gasteiger charge is 2.20. The summed E-state index contributed by atoms with van der Waals surface area (Å²) < 4.78 is 1.13. The van der Waals surface area contributed by atoms with E-state index in [4.69, 9.17) is 4.98 Å². The van der Waals surface area contributed by atoms with Gasteiger partial charge in [0.15, 0.2) is 5.13 Å². The Morgan fingerprint density at radius 3 is 2.43 bits per heavy atom. The van der Waals surface area contributed by atoms with Crippen molar-refractivity contribution in [1.82, 2.24) is 9.88 Å². The average Bonchev–Trinajstić information content (AvgIpc) is 3.12. The average molecular weight is 482 g/mol. The van der Waals surface area contributed by atoms with Gasteiger partial charge in [-0.2, -0.15) is 0 Å². The molecule has 1 amide bonds. The zero-order chi connectivity index (χ0) is 20.8. The summed E-state index contributed by atoms with van der Waals surface area (Å²) in [7, 11) is 4.05. The molecule has 0 saturated carbocycles. The number of fused-ring (bicyclic) bond motifs is 1. The van der Waals surface area contributed by atoms with E-state index in [1.54, 1.807) is 34.9 Å². The second kappa shape index (κ2) is 12.0. The van der Waals surface area contributed by atoms with E-state index in [0.717, 1.165) is 27.6 Å². The van der Waals surface area contributed by atoms with E-state index >= 15 is 0 Å². The van der Waals surface area contributed by atoms with Gasteiger partial charge < -0.3 is 4.90 Å². The van der Waals surface area contributed by atoms with Crippen molar-refractivity contribution >= 4 is 68.5 Å². The molecule has 0 radical (unpaired) electrons. The van der Waals surface area contributed by atoms with Gasteiger partial charge in [-0.1, -0.05) is 29.0 Å². The highest BCUT2D eigenvalue weighted by Crippen LogP contribution is 2.32. The first kappa shape index (κ1) is 25.0. The number of likely N-dealkylation sites (N-methyl/N-ethyl adjacent to an activating group) is 1. The van der Waals surface area contributed by atoms with Crippen LogP contribution in [0.1, 0.15) is 12.0 Å². The van der Waals surface area contributed by atoms with Gasteiger partial charge >= 0.3 is 0 Å². The third-order valence-electron chi connectivity index (χ3n) is 4.49. The minimum absolute atomic E-state index is 0. The van der Waals surface area contributed by atoms with Crippen LogP contribution in [-0.2, 0) is 4.79 Å². The maximum atomic E-state index is 13.1. The van der Waals surface area contributed by atoms with Gasteiger partial charge in [-0.05, 0) is 57.6 Å². The summed E-state index contributed by atoms with van der Waals surface area (Å²) in [6.07, 6.45) is 2.57. The van der Waals surface area contributed by atoms with Gasteiger partial charge in [0.2, 0.25) is 5.91 Å². The van der Waals surface area contributed by atoms with E-state index in [9.17, 15) is 4.79 Å². The van der Waals surface area contributed by atoms with E-state index in [1.807, 2.05) is 25.1 Å². The molecule has 30 heavy (non-hydrogen) atoms. The van der Waals surface area contributed by atoms with Crippen molar-refractivity contribution in [3.63, 3.8) is 0 Å². The molecule has 0 aliphatic rings. The number of carbonyl (C=O) groups excluding carboxylic acids is 1. The number of benzene rings is 2. The summed E-state index contributed by atoms with van der Waals surface area (Å²) in [4.78, 5) is 24.2. The monoisotopic (exact) mass is 481 g/mol. The van der Waals surface area contributed by atoms with Crippen LogP contribution in [0.4, 0.5) is 5.13 Å². The van der Waals surface area contributed by atoms with Gasteiger partial charge in [-0.3, -0.25) is 9.69 Å². The van der Waals surface area contributed by atoms with Gasteiger partial charge in [0.1, 0.15) is 0 Å². The van der Waals surface area contributed by atoms with Gasteiger partial charge in [0.25, 0.3) is 0 Å². The van der Waals surface area contributed by atoms with Gasteiger partial charge in [-0.15, -0.1) is 35.9 Å². The van der Waals surface area contributed by atoms with Crippen LogP contribution in [-0.4, -0.2) is 55.0 Å². The van der Waals surface area contributed by atoms with Gasteiger partial charge in [0.05, 0.1) is 10.2 Å². The molecule has 4 nitrogen and oxygen atoms in total. The molecule has 0 aliphatic carbocycles. The lowest BCUT2D eigenvalue weighted by atomic mass is 10.2. The molecule has 0 aliphatic heterocycles. The molecule has 0 saturated heterocycles. The Hall–Kier alpha value is -1.25. The zero-order valence-corrected chi connectivity index (χ0v) is 21.0. The Bertz CT molecular complexity index is 960. The molecule has 3 rings (SSSR count). The fourth-order valence-electron chi connectivity index (χ4n) is 2.79. The number of hydrogen-bond donors (Lipinski definition) is 0. The van der Waals surface area contributed by atoms with Crippen LogP contribution in [0.25, 0.3) is 10.2 Å². The lowest BCUT2D eigenvalue weighted by Crippen LogP contribution is -2.36. The van der Waals surface area contributed by atoms with E-state index in [-0.39, 0.29) is 18.3 Å². The van der Waals surface area contributed by atoms with Crippen LogP contribution in [0.15, 0.2) is 52.3 Å². The molecule has 8 heteroatoms. The minimum Gasteiger partial charge on any atom is -0.308 e. The maximum Gasteiger partial charge on any atom is 0.229 e. The number of nitrogens with zero attached hydrogens (tertiary/aromatic N) is 3. The topological polar surface area (TPSA) is 36.4 Å². The van der Waals surface area contributed by atoms with Crippen LogP contribution in [0, 0.1) is 6.92 Å². The Labute approximate surface area is 197 Å². The number of aromatic nitrogens is 1.